The van der Waals surface area contributed by atoms with E-state index in [0.29, 0.717) is 23.3 Å². The van der Waals surface area contributed by atoms with Crippen LogP contribution in [-0.2, 0) is 9.53 Å². The summed E-state index contributed by atoms with van der Waals surface area (Å²) in [5.41, 5.74) is 1.50. The quantitative estimate of drug-likeness (QED) is 0.860. The Kier molecular flexibility index (Phi) is 3.13. The topological polar surface area (TPSA) is 105 Å². The Morgan fingerprint density at radius 3 is 3.05 bits per heavy atom. The molecule has 2 heterocycles. The highest BCUT2D eigenvalue weighted by atomic mass is 16.6. The summed E-state index contributed by atoms with van der Waals surface area (Å²) in [6, 6.07) is 4.94. The van der Waals surface area contributed by atoms with Crippen LogP contribution in [0.5, 0.6) is 0 Å². The molecule has 2 amide bonds. The van der Waals surface area contributed by atoms with E-state index >= 15 is 0 Å². The van der Waals surface area contributed by atoms with E-state index in [0.717, 1.165) is 0 Å². The number of nitrogens with zero attached hydrogens (tertiary/aromatic N) is 1. The largest absolute Gasteiger partial charge is 0.442 e. The molecule has 1 aliphatic heterocycles. The molecular formula is C13H13N3O5. The van der Waals surface area contributed by atoms with Crippen LogP contribution < -0.4 is 16.0 Å². The number of H-pyrrole nitrogens is 1. The number of hydrogen-bond acceptors (Lipinski definition) is 5. The van der Waals surface area contributed by atoms with Crippen molar-refractivity contribution in [3.63, 3.8) is 0 Å². The van der Waals surface area contributed by atoms with Gasteiger partial charge in [-0.3, -0.25) is 14.7 Å². The van der Waals surface area contributed by atoms with Gasteiger partial charge in [0.1, 0.15) is 6.10 Å². The monoisotopic (exact) mass is 291 g/mol. The van der Waals surface area contributed by atoms with Crippen LogP contribution in [0.2, 0.25) is 0 Å². The third-order valence-corrected chi connectivity index (χ3v) is 3.17. The smallest absolute Gasteiger partial charge is 0.417 e. The van der Waals surface area contributed by atoms with Crippen LogP contribution in [-0.4, -0.2) is 36.2 Å². The molecule has 110 valence electrons. The number of aromatic nitrogens is 1. The van der Waals surface area contributed by atoms with Crippen LogP contribution in [0.4, 0.5) is 10.5 Å². The highest BCUT2D eigenvalue weighted by Crippen LogP contribution is 2.24. The number of benzene rings is 1. The van der Waals surface area contributed by atoms with E-state index in [2.05, 4.69) is 10.3 Å². The summed E-state index contributed by atoms with van der Waals surface area (Å²) in [7, 11) is 0. The van der Waals surface area contributed by atoms with Gasteiger partial charge in [0.05, 0.1) is 24.3 Å². The molecule has 3 rings (SSSR count). The van der Waals surface area contributed by atoms with Crippen LogP contribution in [0.3, 0.4) is 0 Å². The number of ether oxygens (including phenoxy) is 1. The fourth-order valence-electron chi connectivity index (χ4n) is 2.20. The predicted octanol–water partition coefficient (Wildman–Crippen LogP) is 0.582. The van der Waals surface area contributed by atoms with E-state index in [1.807, 2.05) is 0 Å². The van der Waals surface area contributed by atoms with Crippen molar-refractivity contribution < 1.29 is 18.7 Å². The number of amides is 2. The standard InChI is InChI=1S/C13H13N3O5/c1-7(17)14-5-9-6-16(13(19)20-9)8-2-3-10-11(4-8)21-12(18)15-10/h2-4,9H,5-6H2,1H3,(H,14,17)(H,15,18)/t9-/m0/s1. The molecule has 0 unspecified atom stereocenters. The second-order valence-corrected chi connectivity index (χ2v) is 4.75. The molecule has 2 aromatic rings. The number of fused-ring (bicyclic) bond motifs is 1. The summed E-state index contributed by atoms with van der Waals surface area (Å²) >= 11 is 0. The van der Waals surface area contributed by atoms with Gasteiger partial charge in [0.2, 0.25) is 5.91 Å². The van der Waals surface area contributed by atoms with Crippen molar-refractivity contribution >= 4 is 28.8 Å². The second-order valence-electron chi connectivity index (χ2n) is 4.75. The van der Waals surface area contributed by atoms with Gasteiger partial charge in [0, 0.05) is 13.0 Å². The van der Waals surface area contributed by atoms with E-state index in [1.54, 1.807) is 18.2 Å². The minimum atomic E-state index is -0.547. The van der Waals surface area contributed by atoms with Crippen LogP contribution in [0.1, 0.15) is 6.92 Å². The molecular weight excluding hydrogens is 278 g/mol. The van der Waals surface area contributed by atoms with Gasteiger partial charge >= 0.3 is 11.8 Å². The van der Waals surface area contributed by atoms with E-state index in [9.17, 15) is 14.4 Å². The van der Waals surface area contributed by atoms with Crippen molar-refractivity contribution in [1.29, 1.82) is 0 Å². The second kappa shape index (κ2) is 4.97. The van der Waals surface area contributed by atoms with Gasteiger partial charge in [-0.05, 0) is 12.1 Å². The number of carbonyl (C=O) groups excluding carboxylic acids is 2. The average Bonchev–Trinajstić information content (AvgIpc) is 2.97. The molecule has 0 radical (unpaired) electrons. The van der Waals surface area contributed by atoms with Crippen LogP contribution in [0.15, 0.2) is 27.4 Å². The third kappa shape index (κ3) is 2.60. The van der Waals surface area contributed by atoms with Gasteiger partial charge < -0.3 is 14.5 Å². The molecule has 1 aliphatic rings. The average molecular weight is 291 g/mol. The highest BCUT2D eigenvalue weighted by molar-refractivity contribution is 5.92. The van der Waals surface area contributed by atoms with E-state index < -0.39 is 18.0 Å². The molecule has 21 heavy (non-hydrogen) atoms. The number of nitrogens with one attached hydrogen (secondary N) is 2. The summed E-state index contributed by atoms with van der Waals surface area (Å²) in [5, 5.41) is 2.61. The zero-order chi connectivity index (χ0) is 15.0. The molecule has 8 heteroatoms. The molecule has 1 aromatic heterocycles. The molecule has 0 aliphatic carbocycles. The molecule has 8 nitrogen and oxygen atoms in total. The first-order chi connectivity index (χ1) is 10.0. The van der Waals surface area contributed by atoms with E-state index in [4.69, 9.17) is 9.15 Å². The van der Waals surface area contributed by atoms with Gasteiger partial charge in [-0.2, -0.15) is 0 Å². The van der Waals surface area contributed by atoms with Crippen molar-refractivity contribution in [2.75, 3.05) is 18.0 Å². The number of aromatic amines is 1. The highest BCUT2D eigenvalue weighted by Gasteiger charge is 2.32. The first-order valence-corrected chi connectivity index (χ1v) is 6.38. The zero-order valence-corrected chi connectivity index (χ0v) is 11.2. The Bertz CT molecular complexity index is 762. The minimum Gasteiger partial charge on any atom is -0.442 e. The number of rotatable bonds is 3. The number of cyclic esters (lactones) is 1. The summed E-state index contributed by atoms with van der Waals surface area (Å²) in [6.45, 7) is 1.98. The molecule has 2 N–H and O–H groups in total. The lowest BCUT2D eigenvalue weighted by Gasteiger charge is -2.12. The number of anilines is 1. The lowest BCUT2D eigenvalue weighted by atomic mass is 10.2. The van der Waals surface area contributed by atoms with Crippen molar-refractivity contribution in [1.82, 2.24) is 10.3 Å². The normalized spacial score (nSPS) is 18.0. The minimum absolute atomic E-state index is 0.181. The lowest BCUT2D eigenvalue weighted by Crippen LogP contribution is -2.33. The maximum atomic E-state index is 11.9. The Labute approximate surface area is 118 Å². The van der Waals surface area contributed by atoms with Crippen LogP contribution >= 0.6 is 0 Å². The Morgan fingerprint density at radius 1 is 1.48 bits per heavy atom. The van der Waals surface area contributed by atoms with E-state index in [1.165, 1.54) is 11.8 Å². The zero-order valence-electron chi connectivity index (χ0n) is 11.2. The maximum absolute atomic E-state index is 11.9. The summed E-state index contributed by atoms with van der Waals surface area (Å²) in [6.07, 6.45) is -0.905. The molecule has 1 aromatic carbocycles. The van der Waals surface area contributed by atoms with Crippen molar-refractivity contribution in [2.45, 2.75) is 13.0 Å². The van der Waals surface area contributed by atoms with Crippen molar-refractivity contribution in [3.05, 3.63) is 28.7 Å². The fourth-order valence-corrected chi connectivity index (χ4v) is 2.20. The number of hydrogen-bond donors (Lipinski definition) is 2. The Balaban J connectivity index is 1.80. The van der Waals surface area contributed by atoms with Gasteiger partial charge in [0.25, 0.3) is 0 Å². The number of carbonyl (C=O) groups is 2. The molecule has 0 bridgehead atoms. The van der Waals surface area contributed by atoms with Crippen molar-refractivity contribution in [3.8, 4) is 0 Å². The van der Waals surface area contributed by atoms with Gasteiger partial charge in [0.15, 0.2) is 5.58 Å². The number of oxazole rings is 1. The van der Waals surface area contributed by atoms with Crippen LogP contribution in [0.25, 0.3) is 11.1 Å². The first kappa shape index (κ1) is 13.2. The van der Waals surface area contributed by atoms with Gasteiger partial charge in [-0.15, -0.1) is 0 Å². The maximum Gasteiger partial charge on any atom is 0.417 e. The third-order valence-electron chi connectivity index (χ3n) is 3.17. The molecule has 0 spiro atoms. The molecule has 1 atom stereocenters. The van der Waals surface area contributed by atoms with Crippen molar-refractivity contribution in [2.24, 2.45) is 0 Å². The fraction of sp³-hybridized carbons (Fsp3) is 0.308. The first-order valence-electron chi connectivity index (χ1n) is 6.38. The SMILES string of the molecule is CC(=O)NC[C@H]1CN(c2ccc3[nH]c(=O)oc3c2)C(=O)O1. The molecule has 1 fully saturated rings. The van der Waals surface area contributed by atoms with E-state index in [-0.39, 0.29) is 12.5 Å². The Hall–Kier alpha value is -2.77. The van der Waals surface area contributed by atoms with Gasteiger partial charge in [-0.1, -0.05) is 0 Å². The molecule has 1 saturated heterocycles. The summed E-state index contributed by atoms with van der Waals surface area (Å²) in [5.74, 6) is -0.727. The predicted molar refractivity (Wildman–Crippen MR) is 73.1 cm³/mol. The lowest BCUT2D eigenvalue weighted by molar-refractivity contribution is -0.119. The van der Waals surface area contributed by atoms with Gasteiger partial charge in [-0.25, -0.2) is 9.59 Å². The summed E-state index contributed by atoms with van der Waals surface area (Å²) in [4.78, 5) is 37.8. The summed E-state index contributed by atoms with van der Waals surface area (Å²) < 4.78 is 10.1. The van der Waals surface area contributed by atoms with Crippen LogP contribution in [0, 0.1) is 0 Å². The Morgan fingerprint density at radius 2 is 2.29 bits per heavy atom. The molecule has 0 saturated carbocycles.